The van der Waals surface area contributed by atoms with Crippen LogP contribution in [0.3, 0.4) is 0 Å². The lowest BCUT2D eigenvalue weighted by Gasteiger charge is -2.30. The second-order valence-electron chi connectivity index (χ2n) is 5.48. The lowest BCUT2D eigenvalue weighted by Crippen LogP contribution is -2.41. The first-order chi connectivity index (χ1) is 9.52. The molecule has 1 aliphatic heterocycles. The highest BCUT2D eigenvalue weighted by molar-refractivity contribution is 5.76. The van der Waals surface area contributed by atoms with Crippen LogP contribution < -0.4 is 5.56 Å². The van der Waals surface area contributed by atoms with Gasteiger partial charge in [0.05, 0.1) is 0 Å². The van der Waals surface area contributed by atoms with Crippen molar-refractivity contribution in [3.05, 3.63) is 33.7 Å². The molecule has 0 saturated carbocycles. The van der Waals surface area contributed by atoms with Crippen LogP contribution in [0.15, 0.2) is 17.1 Å². The second-order valence-corrected chi connectivity index (χ2v) is 5.48. The van der Waals surface area contributed by atoms with Gasteiger partial charge in [0, 0.05) is 19.3 Å². The van der Waals surface area contributed by atoms with Gasteiger partial charge in [-0.2, -0.15) is 5.26 Å². The molecule has 5 nitrogen and oxygen atoms in total. The van der Waals surface area contributed by atoms with Crippen molar-refractivity contribution in [1.29, 1.82) is 5.26 Å². The number of nitrogens with zero attached hydrogens (tertiary/aromatic N) is 3. The number of hydrogen-bond acceptors (Lipinski definition) is 3. The molecule has 1 fully saturated rings. The van der Waals surface area contributed by atoms with E-state index >= 15 is 0 Å². The third-order valence-electron chi connectivity index (χ3n) is 3.93. The van der Waals surface area contributed by atoms with Crippen LogP contribution in [0, 0.1) is 24.2 Å². The number of aromatic nitrogens is 1. The Labute approximate surface area is 118 Å². The summed E-state index contributed by atoms with van der Waals surface area (Å²) >= 11 is 0. The molecule has 0 aliphatic carbocycles. The zero-order chi connectivity index (χ0) is 14.7. The van der Waals surface area contributed by atoms with E-state index in [-0.39, 0.29) is 23.6 Å². The number of pyridine rings is 1. The van der Waals surface area contributed by atoms with E-state index in [2.05, 4.69) is 6.92 Å². The van der Waals surface area contributed by atoms with Crippen LogP contribution in [0.1, 0.15) is 30.9 Å². The average molecular weight is 273 g/mol. The summed E-state index contributed by atoms with van der Waals surface area (Å²) < 4.78 is 1.33. The Hall–Kier alpha value is -2.09. The number of aryl methyl sites for hydroxylation is 1. The van der Waals surface area contributed by atoms with Crippen LogP contribution in [0.2, 0.25) is 0 Å². The van der Waals surface area contributed by atoms with Crippen molar-refractivity contribution in [2.45, 2.75) is 33.2 Å². The number of hydrogen-bond donors (Lipinski definition) is 0. The molecule has 106 valence electrons. The molecule has 2 heterocycles. The molecule has 1 saturated heterocycles. The Balaban J connectivity index is 2.13. The Kier molecular flexibility index (Phi) is 4.23. The molecule has 5 heteroatoms. The topological polar surface area (TPSA) is 66.1 Å². The van der Waals surface area contributed by atoms with Crippen molar-refractivity contribution < 1.29 is 4.79 Å². The first-order valence-corrected chi connectivity index (χ1v) is 6.91. The molecule has 1 aromatic heterocycles. The van der Waals surface area contributed by atoms with Crippen LogP contribution in [0.25, 0.3) is 0 Å². The van der Waals surface area contributed by atoms with E-state index in [4.69, 9.17) is 5.26 Å². The lowest BCUT2D eigenvalue weighted by atomic mass is 9.99. The highest BCUT2D eigenvalue weighted by Crippen LogP contribution is 2.16. The summed E-state index contributed by atoms with van der Waals surface area (Å²) in [7, 11) is 0. The molecule has 0 bridgehead atoms. The monoisotopic (exact) mass is 273 g/mol. The number of piperidine rings is 1. The maximum atomic E-state index is 12.2. The fourth-order valence-corrected chi connectivity index (χ4v) is 2.43. The smallest absolute Gasteiger partial charge is 0.269 e. The molecule has 0 spiro atoms. The molecule has 1 aliphatic rings. The number of carbonyl (C=O) groups is 1. The van der Waals surface area contributed by atoms with Gasteiger partial charge in [-0.1, -0.05) is 6.92 Å². The summed E-state index contributed by atoms with van der Waals surface area (Å²) in [5.41, 5.74) is 0.381. The molecular weight excluding hydrogens is 254 g/mol. The minimum atomic E-state index is -0.383. The molecule has 0 N–H and O–H groups in total. The van der Waals surface area contributed by atoms with Gasteiger partial charge in [-0.25, -0.2) is 0 Å². The van der Waals surface area contributed by atoms with Gasteiger partial charge in [-0.05, 0) is 37.3 Å². The molecule has 2 rings (SSSR count). The largest absolute Gasteiger partial charge is 0.341 e. The van der Waals surface area contributed by atoms with Crippen molar-refractivity contribution in [1.82, 2.24) is 9.47 Å². The standard InChI is InChI=1S/C15H19N3O2/c1-11-3-6-17(7-4-11)14(19)10-18-8-5-12(2)13(9-16)15(18)20/h5,8,11H,3-4,6-7,10H2,1-2H3. The van der Waals surface area contributed by atoms with Gasteiger partial charge >= 0.3 is 0 Å². The van der Waals surface area contributed by atoms with Crippen LogP contribution in [0.5, 0.6) is 0 Å². The van der Waals surface area contributed by atoms with Crippen LogP contribution in [-0.2, 0) is 11.3 Å². The second kappa shape index (κ2) is 5.91. The molecular formula is C15H19N3O2. The maximum Gasteiger partial charge on any atom is 0.269 e. The van der Waals surface area contributed by atoms with E-state index in [1.165, 1.54) is 4.57 Å². The van der Waals surface area contributed by atoms with Gasteiger partial charge in [0.2, 0.25) is 5.91 Å². The van der Waals surface area contributed by atoms with E-state index < -0.39 is 0 Å². The molecule has 0 atom stereocenters. The molecule has 0 unspecified atom stereocenters. The lowest BCUT2D eigenvalue weighted by molar-refractivity contribution is -0.133. The Morgan fingerprint density at radius 1 is 1.45 bits per heavy atom. The summed E-state index contributed by atoms with van der Waals surface area (Å²) in [5, 5.41) is 8.98. The van der Waals surface area contributed by atoms with E-state index in [9.17, 15) is 9.59 Å². The van der Waals surface area contributed by atoms with Gasteiger partial charge in [0.15, 0.2) is 0 Å². The molecule has 20 heavy (non-hydrogen) atoms. The van der Waals surface area contributed by atoms with E-state index in [1.54, 1.807) is 24.1 Å². The zero-order valence-corrected chi connectivity index (χ0v) is 11.9. The number of rotatable bonds is 2. The summed E-state index contributed by atoms with van der Waals surface area (Å²) in [4.78, 5) is 26.1. The maximum absolute atomic E-state index is 12.2. The minimum absolute atomic E-state index is 0.0160. The van der Waals surface area contributed by atoms with Crippen molar-refractivity contribution in [2.75, 3.05) is 13.1 Å². The quantitative estimate of drug-likeness (QED) is 0.815. The number of carbonyl (C=O) groups excluding carboxylic acids is 1. The predicted octanol–water partition coefficient (Wildman–Crippen LogP) is 1.29. The molecule has 1 amide bonds. The van der Waals surface area contributed by atoms with Crippen molar-refractivity contribution in [2.24, 2.45) is 5.92 Å². The summed E-state index contributed by atoms with van der Waals surface area (Å²) in [6.45, 7) is 5.43. The third kappa shape index (κ3) is 2.90. The minimum Gasteiger partial charge on any atom is -0.341 e. The SMILES string of the molecule is Cc1ccn(CC(=O)N2CCC(C)CC2)c(=O)c1C#N. The van der Waals surface area contributed by atoms with Gasteiger partial charge in [0.25, 0.3) is 5.56 Å². The van der Waals surface area contributed by atoms with Crippen LogP contribution >= 0.6 is 0 Å². The fraction of sp³-hybridized carbons (Fsp3) is 0.533. The van der Waals surface area contributed by atoms with E-state index in [1.807, 2.05) is 6.07 Å². The molecule has 1 aromatic rings. The number of likely N-dealkylation sites (tertiary alicyclic amines) is 1. The zero-order valence-electron chi connectivity index (χ0n) is 11.9. The Morgan fingerprint density at radius 2 is 2.10 bits per heavy atom. The van der Waals surface area contributed by atoms with Crippen molar-refractivity contribution in [3.63, 3.8) is 0 Å². The van der Waals surface area contributed by atoms with Gasteiger partial charge in [0.1, 0.15) is 18.2 Å². The van der Waals surface area contributed by atoms with Gasteiger partial charge in [-0.3, -0.25) is 9.59 Å². The van der Waals surface area contributed by atoms with Crippen LogP contribution in [0.4, 0.5) is 0 Å². The van der Waals surface area contributed by atoms with E-state index in [0.717, 1.165) is 25.9 Å². The normalized spacial score (nSPS) is 15.9. The average Bonchev–Trinajstić information content (AvgIpc) is 2.43. The molecule has 0 aromatic carbocycles. The first-order valence-electron chi connectivity index (χ1n) is 6.91. The van der Waals surface area contributed by atoms with Gasteiger partial charge in [-0.15, -0.1) is 0 Å². The third-order valence-corrected chi connectivity index (χ3v) is 3.93. The summed E-state index contributed by atoms with van der Waals surface area (Å²) in [5.74, 6) is 0.609. The summed E-state index contributed by atoms with van der Waals surface area (Å²) in [6.07, 6.45) is 3.61. The number of nitriles is 1. The van der Waals surface area contributed by atoms with Gasteiger partial charge < -0.3 is 9.47 Å². The molecule has 0 radical (unpaired) electrons. The fourth-order valence-electron chi connectivity index (χ4n) is 2.43. The summed E-state index contributed by atoms with van der Waals surface area (Å²) in [6, 6.07) is 3.60. The Morgan fingerprint density at radius 3 is 2.70 bits per heavy atom. The Bertz CT molecular complexity index is 605. The van der Waals surface area contributed by atoms with Crippen molar-refractivity contribution in [3.8, 4) is 6.07 Å². The first kappa shape index (κ1) is 14.3. The number of amides is 1. The van der Waals surface area contributed by atoms with Crippen molar-refractivity contribution >= 4 is 5.91 Å². The highest BCUT2D eigenvalue weighted by Gasteiger charge is 2.21. The van der Waals surface area contributed by atoms with E-state index in [0.29, 0.717) is 11.5 Å². The highest BCUT2D eigenvalue weighted by atomic mass is 16.2. The predicted molar refractivity (Wildman–Crippen MR) is 75.1 cm³/mol. The van der Waals surface area contributed by atoms with Crippen LogP contribution in [-0.4, -0.2) is 28.5 Å².